The van der Waals surface area contributed by atoms with Crippen molar-refractivity contribution >= 4 is 35.3 Å². The van der Waals surface area contributed by atoms with E-state index in [1.165, 1.54) is 32.5 Å². The molecule has 1 aromatic heterocycles. The van der Waals surface area contributed by atoms with Gasteiger partial charge in [-0.2, -0.15) is 0 Å². The molecule has 308 valence electrons. The average Bonchev–Trinajstić information content (AvgIpc) is 4.10. The molecule has 4 aliphatic rings. The number of carbonyl (C=O) groups is 4. The Kier molecular flexibility index (Phi) is 12.4. The molecule has 4 amide bonds. The topological polar surface area (TPSA) is 155 Å². The number of hydrogen-bond donors (Lipinski definition) is 3. The number of aromatic nitrogens is 1. The lowest BCUT2D eigenvalue weighted by atomic mass is 9.95. The molecule has 13 nitrogen and oxygen atoms in total. The maximum Gasteiger partial charge on any atom is 0.407 e. The summed E-state index contributed by atoms with van der Waals surface area (Å²) in [6, 6.07) is 15.5. The molecule has 2 saturated heterocycles. The Balaban J connectivity index is 1.02. The van der Waals surface area contributed by atoms with Gasteiger partial charge in [-0.1, -0.05) is 62.4 Å². The lowest BCUT2D eigenvalue weighted by molar-refractivity contribution is -0.136. The fourth-order valence-corrected chi connectivity index (χ4v) is 9.13. The lowest BCUT2D eigenvalue weighted by Crippen LogP contribution is -2.56. The zero-order valence-electron chi connectivity index (χ0n) is 34.4. The van der Waals surface area contributed by atoms with Crippen molar-refractivity contribution in [1.29, 1.82) is 0 Å². The molecule has 4 heterocycles. The van der Waals surface area contributed by atoms with Crippen molar-refractivity contribution in [3.05, 3.63) is 77.1 Å². The van der Waals surface area contributed by atoms with Crippen LogP contribution < -0.4 is 10.6 Å². The number of nitrogens with zero attached hydrogens (tertiary/aromatic N) is 3. The molecule has 2 aromatic carbocycles. The number of H-pyrrole nitrogens is 1. The molecule has 0 radical (unpaired) electrons. The van der Waals surface area contributed by atoms with E-state index in [-0.39, 0.29) is 29.8 Å². The van der Waals surface area contributed by atoms with Gasteiger partial charge in [0.1, 0.15) is 12.1 Å². The number of rotatable bonds is 12. The summed E-state index contributed by atoms with van der Waals surface area (Å²) in [7, 11) is 4.11. The predicted octanol–water partition coefficient (Wildman–Crippen LogP) is 6.82. The van der Waals surface area contributed by atoms with Crippen molar-refractivity contribution in [1.82, 2.24) is 25.4 Å². The van der Waals surface area contributed by atoms with Crippen LogP contribution in [-0.4, -0.2) is 103 Å². The maximum absolute atomic E-state index is 13.9. The molecular formula is C45H56N6O7. The minimum absolute atomic E-state index is 0.0601. The molecule has 13 heteroatoms. The molecule has 3 aromatic rings. The number of amides is 4. The van der Waals surface area contributed by atoms with Crippen molar-refractivity contribution < 1.29 is 33.4 Å². The number of fused-ring (bicyclic) bond motifs is 1. The van der Waals surface area contributed by atoms with Gasteiger partial charge in [0.15, 0.2) is 0 Å². The highest BCUT2D eigenvalue weighted by molar-refractivity contribution is 6.04. The summed E-state index contributed by atoms with van der Waals surface area (Å²) < 4.78 is 15.0. The molecule has 7 rings (SSSR count). The number of hydrogen-bond acceptors (Lipinski definition) is 8. The van der Waals surface area contributed by atoms with E-state index in [1.807, 2.05) is 29.8 Å². The number of benzene rings is 2. The zero-order valence-corrected chi connectivity index (χ0v) is 34.4. The summed E-state index contributed by atoms with van der Waals surface area (Å²) >= 11 is 0. The highest BCUT2D eigenvalue weighted by Gasteiger charge is 2.41. The van der Waals surface area contributed by atoms with Crippen LogP contribution in [0.25, 0.3) is 28.0 Å². The van der Waals surface area contributed by atoms with Gasteiger partial charge in [-0.3, -0.25) is 14.6 Å². The Hall–Kier alpha value is -5.43. The maximum atomic E-state index is 13.9. The molecule has 3 aliphatic heterocycles. The summed E-state index contributed by atoms with van der Waals surface area (Å²) in [6.07, 6.45) is 7.30. The van der Waals surface area contributed by atoms with E-state index in [9.17, 15) is 19.2 Å². The van der Waals surface area contributed by atoms with E-state index >= 15 is 0 Å². The van der Waals surface area contributed by atoms with E-state index < -0.39 is 30.4 Å². The Morgan fingerprint density at radius 2 is 1.24 bits per heavy atom. The zero-order chi connectivity index (χ0) is 41.1. The third-order valence-electron chi connectivity index (χ3n) is 12.4. The third kappa shape index (κ3) is 8.14. The number of ether oxygens (including phenoxy) is 3. The van der Waals surface area contributed by atoms with Crippen molar-refractivity contribution in [3.63, 3.8) is 0 Å². The standard InChI is InChI=1S/C45H56N6O7/c1-26(2)38(48-44(54)57-5)42(52)51-23-9-13-37(51)41-34-11-7-10-33(34)40(47-41)31-20-18-29(19-21-31)28-14-16-30(17-15-28)32-24-35(46-25-32)36-12-8-22-50(36)43(53)39(27(3)56-4)49-45(55)58-6/h14-21,25-27,36-39,47H,7-13,22-24H2,1-6H3,(H,48,54)(H,49,55)/t27-,36+,37+,38+,39+/m1/s1. The number of alkyl carbamates (subject to hydrolysis) is 2. The second-order valence-corrected chi connectivity index (χ2v) is 16.1. The first-order valence-corrected chi connectivity index (χ1v) is 20.6. The first-order valence-electron chi connectivity index (χ1n) is 20.6. The Labute approximate surface area is 340 Å². The van der Waals surface area contributed by atoms with Gasteiger partial charge in [-0.05, 0) is 96.7 Å². The van der Waals surface area contributed by atoms with Crippen LogP contribution in [0.5, 0.6) is 0 Å². The number of aromatic amines is 1. The van der Waals surface area contributed by atoms with E-state index in [1.54, 1.807) is 6.92 Å². The largest absolute Gasteiger partial charge is 0.453 e. The minimum atomic E-state index is -0.864. The molecule has 0 unspecified atom stereocenters. The molecule has 0 bridgehead atoms. The van der Waals surface area contributed by atoms with E-state index in [2.05, 4.69) is 64.1 Å². The van der Waals surface area contributed by atoms with E-state index in [4.69, 9.17) is 19.2 Å². The first kappa shape index (κ1) is 40.8. The smallest absolute Gasteiger partial charge is 0.407 e. The summed E-state index contributed by atoms with van der Waals surface area (Å²) in [5.74, 6) is -0.346. The van der Waals surface area contributed by atoms with Gasteiger partial charge >= 0.3 is 12.2 Å². The number of nitrogens with one attached hydrogen (secondary N) is 3. The molecule has 3 N–H and O–H groups in total. The number of likely N-dealkylation sites (tertiary alicyclic amines) is 2. The molecule has 5 atom stereocenters. The number of allylic oxidation sites excluding steroid dienone is 1. The van der Waals surface area contributed by atoms with Gasteiger partial charge in [0.25, 0.3) is 0 Å². The number of carbonyl (C=O) groups excluding carboxylic acids is 4. The van der Waals surface area contributed by atoms with Crippen molar-refractivity contribution in [2.45, 2.75) is 102 Å². The average molecular weight is 793 g/mol. The summed E-state index contributed by atoms with van der Waals surface area (Å²) in [6.45, 7) is 6.88. The van der Waals surface area contributed by atoms with Gasteiger partial charge in [-0.25, -0.2) is 9.59 Å². The van der Waals surface area contributed by atoms with Crippen LogP contribution in [-0.2, 0) is 36.6 Å². The Morgan fingerprint density at radius 3 is 1.84 bits per heavy atom. The molecule has 0 spiro atoms. The molecule has 0 saturated carbocycles. The van der Waals surface area contributed by atoms with Gasteiger partial charge in [0, 0.05) is 49.9 Å². The van der Waals surface area contributed by atoms with Crippen LogP contribution in [0.15, 0.2) is 59.7 Å². The van der Waals surface area contributed by atoms with Crippen LogP contribution in [0, 0.1) is 5.92 Å². The second-order valence-electron chi connectivity index (χ2n) is 16.1. The van der Waals surface area contributed by atoms with Gasteiger partial charge in [-0.15, -0.1) is 0 Å². The summed E-state index contributed by atoms with van der Waals surface area (Å²) in [5.41, 5.74) is 11.4. The van der Waals surface area contributed by atoms with Crippen molar-refractivity contribution in [3.8, 4) is 22.4 Å². The highest BCUT2D eigenvalue weighted by atomic mass is 16.5. The molecule has 2 fully saturated rings. The monoisotopic (exact) mass is 792 g/mol. The summed E-state index contributed by atoms with van der Waals surface area (Å²) in [4.78, 5) is 64.0. The van der Waals surface area contributed by atoms with Gasteiger partial charge in [0.2, 0.25) is 11.8 Å². The van der Waals surface area contributed by atoms with Gasteiger partial charge < -0.3 is 39.6 Å². The quantitative estimate of drug-likeness (QED) is 0.182. The molecule has 58 heavy (non-hydrogen) atoms. The van der Waals surface area contributed by atoms with E-state index in [0.29, 0.717) is 19.5 Å². The van der Waals surface area contributed by atoms with Crippen LogP contribution in [0.2, 0.25) is 0 Å². The van der Waals surface area contributed by atoms with Crippen LogP contribution in [0.1, 0.15) is 87.7 Å². The minimum Gasteiger partial charge on any atom is -0.453 e. The predicted molar refractivity (Wildman–Crippen MR) is 222 cm³/mol. The van der Waals surface area contributed by atoms with Crippen LogP contribution in [0.3, 0.4) is 0 Å². The lowest BCUT2D eigenvalue weighted by Gasteiger charge is -2.31. The molecular weight excluding hydrogens is 737 g/mol. The van der Waals surface area contributed by atoms with E-state index in [0.717, 1.165) is 89.9 Å². The van der Waals surface area contributed by atoms with Crippen LogP contribution >= 0.6 is 0 Å². The van der Waals surface area contributed by atoms with Gasteiger partial charge in [0.05, 0.1) is 32.4 Å². The molecule has 1 aliphatic carbocycles. The third-order valence-corrected chi connectivity index (χ3v) is 12.4. The SMILES string of the molecule is COC(=O)N[C@H](C(=O)N1CCC[C@H]1c1[nH]c(-c2ccc(-c3ccc(C4=CN=C([C@@H]5CCCN5C(=O)[C@@H](NC(=O)OC)[C@@H](C)OC)C4)cc3)cc2)c2c1CCC2)C(C)C. The number of aliphatic imine (C=N–C) groups is 1. The normalized spacial score (nSPS) is 20.3. The Bertz CT molecular complexity index is 2070. The van der Waals surface area contributed by atoms with Crippen molar-refractivity contribution in [2.75, 3.05) is 34.4 Å². The first-order chi connectivity index (χ1) is 28.0. The number of methoxy groups -OCH3 is 3. The fourth-order valence-electron chi connectivity index (χ4n) is 9.13. The highest BCUT2D eigenvalue weighted by Crippen LogP contribution is 2.42. The fraction of sp³-hybridized carbons (Fsp3) is 0.489. The second kappa shape index (κ2) is 17.6. The summed E-state index contributed by atoms with van der Waals surface area (Å²) in [5, 5.41) is 5.42. The van der Waals surface area contributed by atoms with Crippen molar-refractivity contribution in [2.24, 2.45) is 10.9 Å². The van der Waals surface area contributed by atoms with Crippen LogP contribution in [0.4, 0.5) is 9.59 Å². The Morgan fingerprint density at radius 1 is 0.707 bits per heavy atom.